The monoisotopic (exact) mass is 412 g/mol. The quantitative estimate of drug-likeness (QED) is 0.764. The van der Waals surface area contributed by atoms with Gasteiger partial charge in [0.15, 0.2) is 0 Å². The Labute approximate surface area is 177 Å². The predicted molar refractivity (Wildman–Crippen MR) is 120 cm³/mol. The number of H-pyrrole nitrogens is 1. The molecule has 1 amide bonds. The maximum atomic E-state index is 11.1. The average molecular weight is 413 g/mol. The van der Waals surface area contributed by atoms with Crippen molar-refractivity contribution in [3.05, 3.63) is 35.5 Å². The fourth-order valence-electron chi connectivity index (χ4n) is 5.01. The van der Waals surface area contributed by atoms with Gasteiger partial charge < -0.3 is 9.88 Å². The first-order chi connectivity index (χ1) is 14.3. The first-order valence-electron chi connectivity index (χ1n) is 11.2. The van der Waals surface area contributed by atoms with Gasteiger partial charge in [-0.05, 0) is 49.5 Å². The van der Waals surface area contributed by atoms with Crippen LogP contribution in [0.1, 0.15) is 42.1 Å². The maximum Gasteiger partial charge on any atom is 0.209 e. The smallest absolute Gasteiger partial charge is 0.209 e. The minimum atomic E-state index is 0.383. The summed E-state index contributed by atoms with van der Waals surface area (Å²) >= 11 is 1.96. The van der Waals surface area contributed by atoms with Crippen LogP contribution in [0.5, 0.6) is 0 Å². The molecule has 1 aliphatic carbocycles. The summed E-state index contributed by atoms with van der Waals surface area (Å²) in [5, 5.41) is 1.73. The van der Waals surface area contributed by atoms with Crippen molar-refractivity contribution < 1.29 is 4.79 Å². The molecule has 0 spiro atoms. The van der Waals surface area contributed by atoms with Gasteiger partial charge in [0.05, 0.1) is 0 Å². The molecule has 3 fully saturated rings. The van der Waals surface area contributed by atoms with Crippen LogP contribution in [-0.2, 0) is 11.3 Å². The Morgan fingerprint density at radius 1 is 1.10 bits per heavy atom. The summed E-state index contributed by atoms with van der Waals surface area (Å²) in [7, 11) is 0. The van der Waals surface area contributed by atoms with E-state index < -0.39 is 0 Å². The first-order valence-corrected chi connectivity index (χ1v) is 12.2. The molecule has 1 aromatic carbocycles. The number of carbonyl (C=O) groups is 1. The molecule has 2 saturated heterocycles. The Balaban J connectivity index is 1.26. The molecule has 1 aromatic heterocycles. The molecule has 1 saturated carbocycles. The van der Waals surface area contributed by atoms with Crippen LogP contribution in [0.2, 0.25) is 0 Å². The molecule has 5 rings (SSSR count). The Morgan fingerprint density at radius 2 is 2.03 bits per heavy atom. The van der Waals surface area contributed by atoms with E-state index in [0.29, 0.717) is 5.25 Å². The van der Waals surface area contributed by atoms with E-state index in [1.165, 1.54) is 73.9 Å². The number of hydrogen-bond acceptors (Lipinski definition) is 4. The molecule has 3 heterocycles. The zero-order valence-corrected chi connectivity index (χ0v) is 18.0. The molecule has 6 heteroatoms. The lowest BCUT2D eigenvalue weighted by Gasteiger charge is -2.36. The van der Waals surface area contributed by atoms with Crippen molar-refractivity contribution in [2.24, 2.45) is 0 Å². The van der Waals surface area contributed by atoms with Gasteiger partial charge in [-0.15, -0.1) is 0 Å². The average Bonchev–Trinajstić information content (AvgIpc) is 2.97. The van der Waals surface area contributed by atoms with E-state index in [2.05, 4.69) is 39.2 Å². The normalized spacial score (nSPS) is 25.1. The third kappa shape index (κ3) is 4.21. The fourth-order valence-corrected chi connectivity index (χ4v) is 6.27. The van der Waals surface area contributed by atoms with Crippen molar-refractivity contribution in [1.82, 2.24) is 19.7 Å². The summed E-state index contributed by atoms with van der Waals surface area (Å²) in [5.74, 6) is 1.02. The van der Waals surface area contributed by atoms with Gasteiger partial charge in [0.2, 0.25) is 6.41 Å². The van der Waals surface area contributed by atoms with E-state index >= 15 is 0 Å². The molecule has 5 nitrogen and oxygen atoms in total. The van der Waals surface area contributed by atoms with Gasteiger partial charge in [-0.3, -0.25) is 14.6 Å². The molecular weight excluding hydrogens is 380 g/mol. The fraction of sp³-hybridized carbons (Fsp3) is 0.609. The van der Waals surface area contributed by atoms with Crippen LogP contribution in [0.3, 0.4) is 0 Å². The van der Waals surface area contributed by atoms with Crippen molar-refractivity contribution in [1.29, 1.82) is 0 Å². The number of benzene rings is 1. The van der Waals surface area contributed by atoms with Gasteiger partial charge in [0.25, 0.3) is 0 Å². The Hall–Kier alpha value is -1.50. The molecule has 2 aliphatic heterocycles. The molecule has 0 radical (unpaired) electrons. The topological polar surface area (TPSA) is 42.6 Å². The minimum absolute atomic E-state index is 0.383. The second kappa shape index (κ2) is 8.70. The highest BCUT2D eigenvalue weighted by molar-refractivity contribution is 7.99. The number of amides is 1. The Bertz CT molecular complexity index is 849. The molecule has 0 bridgehead atoms. The number of hydrogen-bond donors (Lipinski definition) is 1. The number of fused-ring (bicyclic) bond motifs is 1. The number of aromatic amines is 1. The SMILES string of the molecule is O=CN1CCSC(c2ccc3c(CN4CCCN(C5CCC5)CC4)c[nH]c3c2)C1. The molecule has 3 aliphatic rings. The van der Waals surface area contributed by atoms with Crippen LogP contribution in [0.4, 0.5) is 0 Å². The van der Waals surface area contributed by atoms with Gasteiger partial charge in [0, 0.05) is 66.9 Å². The third-order valence-electron chi connectivity index (χ3n) is 7.02. The lowest BCUT2D eigenvalue weighted by atomic mass is 9.91. The Morgan fingerprint density at radius 3 is 2.86 bits per heavy atom. The van der Waals surface area contributed by atoms with Gasteiger partial charge in [-0.1, -0.05) is 18.6 Å². The lowest BCUT2D eigenvalue weighted by molar-refractivity contribution is -0.118. The molecule has 29 heavy (non-hydrogen) atoms. The zero-order valence-electron chi connectivity index (χ0n) is 17.2. The van der Waals surface area contributed by atoms with Gasteiger partial charge in [-0.2, -0.15) is 11.8 Å². The number of rotatable bonds is 5. The van der Waals surface area contributed by atoms with E-state index in [4.69, 9.17) is 0 Å². The van der Waals surface area contributed by atoms with Gasteiger partial charge in [0.1, 0.15) is 0 Å². The van der Waals surface area contributed by atoms with Crippen molar-refractivity contribution in [2.75, 3.05) is 45.0 Å². The number of nitrogens with zero attached hydrogens (tertiary/aromatic N) is 3. The van der Waals surface area contributed by atoms with Gasteiger partial charge >= 0.3 is 0 Å². The van der Waals surface area contributed by atoms with Crippen LogP contribution in [-0.4, -0.2) is 77.2 Å². The van der Waals surface area contributed by atoms with Crippen LogP contribution in [0, 0.1) is 0 Å². The molecule has 1 unspecified atom stereocenters. The largest absolute Gasteiger partial charge is 0.361 e. The second-order valence-electron chi connectivity index (χ2n) is 8.83. The summed E-state index contributed by atoms with van der Waals surface area (Å²) in [6, 6.07) is 7.72. The van der Waals surface area contributed by atoms with Crippen molar-refractivity contribution in [2.45, 2.75) is 43.5 Å². The zero-order chi connectivity index (χ0) is 19.6. The first kappa shape index (κ1) is 19.5. The summed E-state index contributed by atoms with van der Waals surface area (Å²) in [4.78, 5) is 21.9. The Kier molecular flexibility index (Phi) is 5.84. The van der Waals surface area contributed by atoms with Crippen LogP contribution < -0.4 is 0 Å². The van der Waals surface area contributed by atoms with Crippen molar-refractivity contribution in [3.63, 3.8) is 0 Å². The highest BCUT2D eigenvalue weighted by atomic mass is 32.2. The predicted octanol–water partition coefficient (Wildman–Crippen LogP) is 3.47. The number of aromatic nitrogens is 1. The molecule has 2 aromatic rings. The standard InChI is InChI=1S/C23H32N4OS/c28-17-26-11-12-29-23(16-26)18-5-6-21-19(14-24-22(21)13-18)15-25-7-2-8-27(10-9-25)20-3-1-4-20/h5-6,13-14,17,20,23-24H,1-4,7-12,15-16H2. The highest BCUT2D eigenvalue weighted by Gasteiger charge is 2.27. The number of nitrogens with one attached hydrogen (secondary N) is 1. The van der Waals surface area contributed by atoms with Crippen LogP contribution in [0.25, 0.3) is 10.9 Å². The van der Waals surface area contributed by atoms with E-state index in [0.717, 1.165) is 37.8 Å². The van der Waals surface area contributed by atoms with Crippen LogP contribution >= 0.6 is 11.8 Å². The number of thioether (sulfide) groups is 1. The minimum Gasteiger partial charge on any atom is -0.361 e. The molecular formula is C23H32N4OS. The maximum absolute atomic E-state index is 11.1. The molecule has 1 atom stereocenters. The van der Waals surface area contributed by atoms with Crippen LogP contribution in [0.15, 0.2) is 24.4 Å². The van der Waals surface area contributed by atoms with E-state index in [9.17, 15) is 4.79 Å². The lowest BCUT2D eigenvalue weighted by Crippen LogP contribution is -2.42. The molecule has 1 N–H and O–H groups in total. The number of carbonyl (C=O) groups excluding carboxylic acids is 1. The van der Waals surface area contributed by atoms with E-state index in [1.807, 2.05) is 16.7 Å². The molecule has 156 valence electrons. The summed E-state index contributed by atoms with van der Waals surface area (Å²) in [6.07, 6.45) is 8.73. The summed E-state index contributed by atoms with van der Waals surface area (Å²) in [6.45, 7) is 7.61. The van der Waals surface area contributed by atoms with E-state index in [-0.39, 0.29) is 0 Å². The highest BCUT2D eigenvalue weighted by Crippen LogP contribution is 2.34. The second-order valence-corrected chi connectivity index (χ2v) is 10.1. The van der Waals surface area contributed by atoms with E-state index in [1.54, 1.807) is 0 Å². The summed E-state index contributed by atoms with van der Waals surface area (Å²) in [5.41, 5.74) is 3.97. The van der Waals surface area contributed by atoms with Gasteiger partial charge in [-0.25, -0.2) is 0 Å². The summed E-state index contributed by atoms with van der Waals surface area (Å²) < 4.78 is 0. The van der Waals surface area contributed by atoms with Crippen molar-refractivity contribution >= 4 is 29.1 Å². The third-order valence-corrected chi connectivity index (χ3v) is 8.26. The van der Waals surface area contributed by atoms with Crippen molar-refractivity contribution in [3.8, 4) is 0 Å².